The van der Waals surface area contributed by atoms with Gasteiger partial charge in [0.25, 0.3) is 0 Å². The number of ketones is 1. The van der Waals surface area contributed by atoms with Crippen LogP contribution >= 0.6 is 0 Å². The van der Waals surface area contributed by atoms with Gasteiger partial charge in [-0.3, -0.25) is 4.79 Å². The van der Waals surface area contributed by atoms with E-state index in [1.807, 2.05) is 6.07 Å². The molecular weight excluding hydrogens is 338 g/mol. The molecule has 0 N–H and O–H groups in total. The molecule has 4 heteroatoms. The van der Waals surface area contributed by atoms with Crippen LogP contribution in [0, 0.1) is 0 Å². The third-order valence-corrected chi connectivity index (χ3v) is 10.6. The van der Waals surface area contributed by atoms with Crippen LogP contribution in [0.3, 0.4) is 0 Å². The van der Waals surface area contributed by atoms with Crippen molar-refractivity contribution in [1.82, 2.24) is 4.57 Å². The first-order valence-electron chi connectivity index (χ1n) is 9.54. The molecule has 3 nitrogen and oxygen atoms in total. The normalized spacial score (nSPS) is 15.8. The minimum absolute atomic E-state index is 0.199. The number of benzene rings is 1. The van der Waals surface area contributed by atoms with Crippen LogP contribution in [0.25, 0.3) is 10.9 Å². The molecule has 0 saturated heterocycles. The van der Waals surface area contributed by atoms with E-state index in [-0.39, 0.29) is 10.8 Å². The second-order valence-electron chi connectivity index (χ2n) is 8.91. The number of nitrogens with zero attached hydrogens (tertiary/aromatic N) is 1. The summed E-state index contributed by atoms with van der Waals surface area (Å²) in [7, 11) is 0.304. The van der Waals surface area contributed by atoms with E-state index in [4.69, 9.17) is 4.43 Å². The first-order valence-corrected chi connectivity index (χ1v) is 12.4. The van der Waals surface area contributed by atoms with Crippen molar-refractivity contribution in [3.8, 4) is 0 Å². The third kappa shape index (κ3) is 3.45. The van der Waals surface area contributed by atoms with Crippen LogP contribution in [0.5, 0.6) is 0 Å². The molecule has 0 radical (unpaired) electrons. The number of allylic oxidation sites excluding steroid dienone is 2. The Balaban J connectivity index is 2.00. The Morgan fingerprint density at radius 1 is 1.19 bits per heavy atom. The summed E-state index contributed by atoms with van der Waals surface area (Å²) in [5.74, 6) is 0.258. The van der Waals surface area contributed by atoms with E-state index in [1.54, 1.807) is 0 Å². The summed E-state index contributed by atoms with van der Waals surface area (Å²) in [5.41, 5.74) is 4.41. The van der Waals surface area contributed by atoms with E-state index in [0.717, 1.165) is 24.0 Å². The molecule has 1 aliphatic rings. The zero-order valence-corrected chi connectivity index (χ0v) is 18.0. The van der Waals surface area contributed by atoms with Crippen molar-refractivity contribution < 1.29 is 9.22 Å². The monoisotopic (exact) mass is 369 g/mol. The maximum absolute atomic E-state index is 12.5. The number of hydrogen-bond acceptors (Lipinski definition) is 2. The van der Waals surface area contributed by atoms with Gasteiger partial charge in [0, 0.05) is 35.6 Å². The topological polar surface area (TPSA) is 31.2 Å². The van der Waals surface area contributed by atoms with Gasteiger partial charge in [0.05, 0.1) is 6.61 Å². The summed E-state index contributed by atoms with van der Waals surface area (Å²) in [4.78, 5) is 12.5. The zero-order valence-electron chi connectivity index (χ0n) is 17.0. The second-order valence-corrected chi connectivity index (χ2v) is 13.7. The van der Waals surface area contributed by atoms with Crippen molar-refractivity contribution in [2.24, 2.45) is 7.05 Å². The summed E-state index contributed by atoms with van der Waals surface area (Å²) in [6, 6.07) is 6.33. The van der Waals surface area contributed by atoms with Crippen LogP contribution < -0.4 is 0 Å². The van der Waals surface area contributed by atoms with Crippen LogP contribution in [0.15, 0.2) is 30.4 Å². The highest BCUT2D eigenvalue weighted by Crippen LogP contribution is 2.37. The van der Waals surface area contributed by atoms with Crippen molar-refractivity contribution in [3.05, 3.63) is 47.2 Å². The molecule has 1 heterocycles. The van der Waals surface area contributed by atoms with E-state index in [1.165, 1.54) is 16.6 Å². The molecular formula is C22H31NO2Si. The SMILES string of the molecule is Cn1c(CO[Si](C)(C)C(C)(C)C)cc2c3c(ccc21)C(=O)CCC=CC3. The number of Topliss-reactive ketones (excluding diaryl/α,β-unsaturated/α-hetero) is 1. The fourth-order valence-corrected chi connectivity index (χ4v) is 4.22. The van der Waals surface area contributed by atoms with E-state index in [0.29, 0.717) is 13.0 Å². The minimum atomic E-state index is -1.79. The Morgan fingerprint density at radius 3 is 2.62 bits per heavy atom. The lowest BCUT2D eigenvalue weighted by Gasteiger charge is -2.36. The van der Waals surface area contributed by atoms with Crippen LogP contribution in [0.1, 0.15) is 55.2 Å². The molecule has 1 aromatic heterocycles. The minimum Gasteiger partial charge on any atom is -0.411 e. The Morgan fingerprint density at radius 2 is 1.92 bits per heavy atom. The molecule has 140 valence electrons. The smallest absolute Gasteiger partial charge is 0.192 e. The third-order valence-electron chi connectivity index (χ3n) is 6.15. The summed E-state index contributed by atoms with van der Waals surface area (Å²) < 4.78 is 8.66. The van der Waals surface area contributed by atoms with E-state index in [2.05, 4.69) is 69.8 Å². The number of aromatic nitrogens is 1. The molecule has 0 aliphatic heterocycles. The Kier molecular flexibility index (Phi) is 5.01. The van der Waals surface area contributed by atoms with Crippen LogP contribution in [-0.4, -0.2) is 18.7 Å². The molecule has 0 amide bonds. The highest BCUT2D eigenvalue weighted by Gasteiger charge is 2.37. The van der Waals surface area contributed by atoms with Crippen LogP contribution in [-0.2, 0) is 24.5 Å². The highest BCUT2D eigenvalue weighted by atomic mass is 28.4. The van der Waals surface area contributed by atoms with Crippen molar-refractivity contribution >= 4 is 25.0 Å². The molecule has 1 aliphatic carbocycles. The lowest BCUT2D eigenvalue weighted by Crippen LogP contribution is -2.40. The van der Waals surface area contributed by atoms with Crippen molar-refractivity contribution in [2.75, 3.05) is 0 Å². The number of hydrogen-bond donors (Lipinski definition) is 0. The van der Waals surface area contributed by atoms with Gasteiger partial charge in [-0.1, -0.05) is 32.9 Å². The quantitative estimate of drug-likeness (QED) is 0.507. The van der Waals surface area contributed by atoms with Crippen LogP contribution in [0.2, 0.25) is 18.1 Å². The average Bonchev–Trinajstić information content (AvgIpc) is 2.86. The van der Waals surface area contributed by atoms with Gasteiger partial charge in [0.15, 0.2) is 14.1 Å². The molecule has 0 saturated carbocycles. The number of carbonyl (C=O) groups excluding carboxylic acids is 1. The number of carbonyl (C=O) groups is 1. The van der Waals surface area contributed by atoms with Crippen molar-refractivity contribution in [2.45, 2.75) is 64.8 Å². The largest absolute Gasteiger partial charge is 0.411 e. The summed E-state index contributed by atoms with van der Waals surface area (Å²) in [5, 5.41) is 1.39. The molecule has 2 aromatic rings. The molecule has 0 spiro atoms. The Hall–Kier alpha value is -1.65. The fraction of sp³-hybridized carbons (Fsp3) is 0.500. The highest BCUT2D eigenvalue weighted by molar-refractivity contribution is 6.74. The van der Waals surface area contributed by atoms with Gasteiger partial charge in [0.2, 0.25) is 0 Å². The fourth-order valence-electron chi connectivity index (χ4n) is 3.28. The van der Waals surface area contributed by atoms with E-state index in [9.17, 15) is 4.79 Å². The number of fused-ring (bicyclic) bond motifs is 3. The summed E-state index contributed by atoms with van der Waals surface area (Å²) in [6.07, 6.45) is 6.60. The van der Waals surface area contributed by atoms with Gasteiger partial charge < -0.3 is 8.99 Å². The second kappa shape index (κ2) is 6.82. The summed E-state index contributed by atoms with van der Waals surface area (Å²) >= 11 is 0. The molecule has 26 heavy (non-hydrogen) atoms. The maximum atomic E-state index is 12.5. The Bertz CT molecular complexity index is 868. The molecule has 0 fully saturated rings. The van der Waals surface area contributed by atoms with Gasteiger partial charge >= 0.3 is 0 Å². The molecule has 0 bridgehead atoms. The maximum Gasteiger partial charge on any atom is 0.192 e. The van der Waals surface area contributed by atoms with Gasteiger partial charge in [0.1, 0.15) is 0 Å². The standard InChI is InChI=1S/C22H31NO2Si/c1-22(2,3)26(5,6)25-15-16-14-19-17-10-8-7-9-11-21(24)18(17)12-13-20(19)23(16)4/h7-8,12-14H,9-11,15H2,1-6H3. The lowest BCUT2D eigenvalue weighted by molar-refractivity contribution is 0.0982. The first-order chi connectivity index (χ1) is 12.1. The van der Waals surface area contributed by atoms with Crippen molar-refractivity contribution in [1.29, 1.82) is 0 Å². The molecule has 3 rings (SSSR count). The zero-order chi connectivity index (χ0) is 19.1. The van der Waals surface area contributed by atoms with Gasteiger partial charge in [-0.25, -0.2) is 0 Å². The van der Waals surface area contributed by atoms with Gasteiger partial charge in [-0.2, -0.15) is 0 Å². The molecule has 0 atom stereocenters. The number of aryl methyl sites for hydroxylation is 1. The van der Waals surface area contributed by atoms with E-state index >= 15 is 0 Å². The lowest BCUT2D eigenvalue weighted by atomic mass is 9.93. The first kappa shape index (κ1) is 19.1. The van der Waals surface area contributed by atoms with Crippen LogP contribution in [0.4, 0.5) is 0 Å². The van der Waals surface area contributed by atoms with E-state index < -0.39 is 8.32 Å². The van der Waals surface area contributed by atoms with Gasteiger partial charge in [-0.15, -0.1) is 0 Å². The summed E-state index contributed by atoms with van der Waals surface area (Å²) in [6.45, 7) is 12.0. The van der Waals surface area contributed by atoms with Crippen molar-refractivity contribution in [3.63, 3.8) is 0 Å². The van der Waals surface area contributed by atoms with Gasteiger partial charge in [-0.05, 0) is 54.7 Å². The Labute approximate surface area is 158 Å². The predicted octanol–water partition coefficient (Wildman–Crippen LogP) is 5.78. The average molecular weight is 370 g/mol. The molecule has 1 aromatic carbocycles. The predicted molar refractivity (Wildman–Crippen MR) is 111 cm³/mol. The number of rotatable bonds is 3. The molecule has 0 unspecified atom stereocenters.